The van der Waals surface area contributed by atoms with Gasteiger partial charge in [-0.05, 0) is 64.3 Å². The minimum absolute atomic E-state index is 0. The molecule has 0 bridgehead atoms. The molecule has 1 saturated heterocycles. The van der Waals surface area contributed by atoms with Crippen molar-refractivity contribution in [2.45, 2.75) is 39.2 Å². The molecule has 2 heterocycles. The van der Waals surface area contributed by atoms with Crippen molar-refractivity contribution in [3.05, 3.63) is 18.3 Å². The van der Waals surface area contributed by atoms with Gasteiger partial charge in [-0.1, -0.05) is 0 Å². The van der Waals surface area contributed by atoms with E-state index in [-0.39, 0.29) is 7.53 Å². The Morgan fingerprint density at radius 3 is 3.05 bits per heavy atom. The highest BCUT2D eigenvalue weighted by Gasteiger charge is 2.12. The maximum atomic E-state index is 5.57. The van der Waals surface area contributed by atoms with E-state index in [2.05, 4.69) is 15.6 Å². The fraction of sp³-hybridized carbons (Fsp3) is 0.667. The lowest BCUT2D eigenvalue weighted by Gasteiger charge is -2.22. The third-order valence-electron chi connectivity index (χ3n) is 3.37. The second kappa shape index (κ2) is 7.34. The SMILES string of the molecule is CC(C)Oc1ccc(NCC[C@H]2CCCNC2)nc1.[HH]. The zero-order valence-electron chi connectivity index (χ0n) is 12.0. The predicted molar refractivity (Wildman–Crippen MR) is 80.8 cm³/mol. The van der Waals surface area contributed by atoms with Gasteiger partial charge in [0.1, 0.15) is 11.6 Å². The molecule has 1 aromatic rings. The fourth-order valence-electron chi connectivity index (χ4n) is 2.40. The van der Waals surface area contributed by atoms with Crippen molar-refractivity contribution in [1.29, 1.82) is 0 Å². The monoisotopic (exact) mass is 265 g/mol. The van der Waals surface area contributed by atoms with Gasteiger partial charge in [-0.15, -0.1) is 0 Å². The molecule has 0 saturated carbocycles. The maximum Gasteiger partial charge on any atom is 0.138 e. The molecular formula is C15H27N3O. The molecule has 1 aliphatic heterocycles. The average Bonchev–Trinajstić information content (AvgIpc) is 2.41. The topological polar surface area (TPSA) is 46.2 Å². The summed E-state index contributed by atoms with van der Waals surface area (Å²) in [6, 6.07) is 3.95. The number of pyridine rings is 1. The van der Waals surface area contributed by atoms with Crippen molar-refractivity contribution in [3.8, 4) is 5.75 Å². The highest BCUT2D eigenvalue weighted by atomic mass is 16.5. The molecule has 0 aliphatic carbocycles. The van der Waals surface area contributed by atoms with E-state index in [4.69, 9.17) is 4.74 Å². The third kappa shape index (κ3) is 5.07. The molecule has 4 nitrogen and oxygen atoms in total. The number of aromatic nitrogens is 1. The Morgan fingerprint density at radius 1 is 1.53 bits per heavy atom. The van der Waals surface area contributed by atoms with Crippen molar-refractivity contribution in [3.63, 3.8) is 0 Å². The Morgan fingerprint density at radius 2 is 2.42 bits per heavy atom. The van der Waals surface area contributed by atoms with E-state index in [1.807, 2.05) is 26.0 Å². The molecule has 1 atom stereocenters. The number of anilines is 1. The van der Waals surface area contributed by atoms with Crippen molar-refractivity contribution in [2.75, 3.05) is 25.0 Å². The van der Waals surface area contributed by atoms with Crippen molar-refractivity contribution in [2.24, 2.45) is 5.92 Å². The van der Waals surface area contributed by atoms with Crippen molar-refractivity contribution < 1.29 is 6.16 Å². The standard InChI is InChI=1S/C15H25N3O.H2/c1-12(2)19-14-5-6-15(18-11-14)17-9-7-13-4-3-8-16-10-13;/h5-6,11-13,16H,3-4,7-10H2,1-2H3,(H,17,18);1H/t13-;/m1./s1. The first-order chi connectivity index (χ1) is 9.24. The van der Waals surface area contributed by atoms with Gasteiger partial charge >= 0.3 is 0 Å². The Hall–Kier alpha value is -1.29. The van der Waals surface area contributed by atoms with Gasteiger partial charge in [0.25, 0.3) is 0 Å². The van der Waals surface area contributed by atoms with Crippen LogP contribution in [0.15, 0.2) is 18.3 Å². The van der Waals surface area contributed by atoms with Crippen LogP contribution in [-0.2, 0) is 0 Å². The van der Waals surface area contributed by atoms with Gasteiger partial charge in [-0.2, -0.15) is 0 Å². The van der Waals surface area contributed by atoms with Crippen LogP contribution in [0.3, 0.4) is 0 Å². The summed E-state index contributed by atoms with van der Waals surface area (Å²) in [7, 11) is 0. The third-order valence-corrected chi connectivity index (χ3v) is 3.37. The quantitative estimate of drug-likeness (QED) is 0.830. The molecule has 19 heavy (non-hydrogen) atoms. The van der Waals surface area contributed by atoms with Crippen LogP contribution >= 0.6 is 0 Å². The number of piperidine rings is 1. The lowest BCUT2D eigenvalue weighted by molar-refractivity contribution is 0.241. The van der Waals surface area contributed by atoms with Crippen LogP contribution in [0.1, 0.15) is 34.5 Å². The van der Waals surface area contributed by atoms with E-state index in [9.17, 15) is 0 Å². The van der Waals surface area contributed by atoms with E-state index in [1.54, 1.807) is 6.20 Å². The molecule has 0 amide bonds. The lowest BCUT2D eigenvalue weighted by atomic mass is 9.96. The number of hydrogen-bond acceptors (Lipinski definition) is 4. The number of ether oxygens (including phenoxy) is 1. The number of hydrogen-bond donors (Lipinski definition) is 2. The van der Waals surface area contributed by atoms with Gasteiger partial charge in [0.2, 0.25) is 0 Å². The molecule has 1 fully saturated rings. The summed E-state index contributed by atoms with van der Waals surface area (Å²) >= 11 is 0. The molecule has 0 radical (unpaired) electrons. The average molecular weight is 265 g/mol. The molecule has 4 heteroatoms. The van der Waals surface area contributed by atoms with Crippen LogP contribution < -0.4 is 15.4 Å². The summed E-state index contributed by atoms with van der Waals surface area (Å²) in [6.45, 7) is 7.37. The molecule has 2 rings (SSSR count). The summed E-state index contributed by atoms with van der Waals surface area (Å²) in [5.41, 5.74) is 0. The fourth-order valence-corrected chi connectivity index (χ4v) is 2.40. The summed E-state index contributed by atoms with van der Waals surface area (Å²) in [4.78, 5) is 4.36. The second-order valence-corrected chi connectivity index (χ2v) is 5.47. The number of nitrogens with zero attached hydrogens (tertiary/aromatic N) is 1. The summed E-state index contributed by atoms with van der Waals surface area (Å²) in [5, 5.41) is 6.83. The van der Waals surface area contributed by atoms with E-state index >= 15 is 0 Å². The second-order valence-electron chi connectivity index (χ2n) is 5.47. The minimum Gasteiger partial charge on any atom is -0.489 e. The summed E-state index contributed by atoms with van der Waals surface area (Å²) < 4.78 is 5.57. The number of rotatable bonds is 6. The summed E-state index contributed by atoms with van der Waals surface area (Å²) in [6.07, 6.45) is 5.84. The molecule has 1 aromatic heterocycles. The van der Waals surface area contributed by atoms with Crippen molar-refractivity contribution >= 4 is 5.82 Å². The molecule has 0 unspecified atom stereocenters. The van der Waals surface area contributed by atoms with Gasteiger partial charge in [-0.25, -0.2) is 4.98 Å². The van der Waals surface area contributed by atoms with E-state index in [0.29, 0.717) is 0 Å². The largest absolute Gasteiger partial charge is 0.489 e. The first kappa shape index (κ1) is 14.1. The zero-order valence-corrected chi connectivity index (χ0v) is 12.0. The highest BCUT2D eigenvalue weighted by molar-refractivity contribution is 5.37. The van der Waals surface area contributed by atoms with Crippen LogP contribution in [0.4, 0.5) is 5.82 Å². The maximum absolute atomic E-state index is 5.57. The van der Waals surface area contributed by atoms with Crippen LogP contribution in [0, 0.1) is 5.92 Å². The molecule has 0 aromatic carbocycles. The predicted octanol–water partition coefficient (Wildman–Crippen LogP) is 2.92. The van der Waals surface area contributed by atoms with Gasteiger partial charge in [0.15, 0.2) is 0 Å². The Bertz CT molecular complexity index is 364. The Kier molecular flexibility index (Phi) is 5.45. The van der Waals surface area contributed by atoms with Crippen LogP contribution in [0.5, 0.6) is 5.75 Å². The van der Waals surface area contributed by atoms with Crippen LogP contribution in [0.25, 0.3) is 0 Å². The first-order valence-electron chi connectivity index (χ1n) is 7.31. The Labute approximate surface area is 117 Å². The van der Waals surface area contributed by atoms with Crippen LogP contribution in [0.2, 0.25) is 0 Å². The van der Waals surface area contributed by atoms with E-state index in [1.165, 1.54) is 25.8 Å². The normalized spacial score (nSPS) is 19.4. The van der Waals surface area contributed by atoms with Crippen LogP contribution in [-0.4, -0.2) is 30.7 Å². The smallest absolute Gasteiger partial charge is 0.138 e. The molecule has 1 aliphatic rings. The Balaban J connectivity index is 0.00000200. The van der Waals surface area contributed by atoms with E-state index in [0.717, 1.165) is 30.6 Å². The number of nitrogens with one attached hydrogen (secondary N) is 2. The van der Waals surface area contributed by atoms with Gasteiger partial charge in [0.05, 0.1) is 12.3 Å². The molecule has 2 N–H and O–H groups in total. The molecule has 0 spiro atoms. The minimum atomic E-state index is 0. The van der Waals surface area contributed by atoms with Gasteiger partial charge in [0, 0.05) is 7.97 Å². The van der Waals surface area contributed by atoms with Gasteiger partial charge in [-0.3, -0.25) is 0 Å². The first-order valence-corrected chi connectivity index (χ1v) is 7.31. The molecular weight excluding hydrogens is 238 g/mol. The van der Waals surface area contributed by atoms with Crippen molar-refractivity contribution in [1.82, 2.24) is 10.3 Å². The zero-order chi connectivity index (χ0) is 13.5. The lowest BCUT2D eigenvalue weighted by Crippen LogP contribution is -2.30. The highest BCUT2D eigenvalue weighted by Crippen LogP contribution is 2.16. The van der Waals surface area contributed by atoms with Gasteiger partial charge < -0.3 is 15.4 Å². The summed E-state index contributed by atoms with van der Waals surface area (Å²) in [5.74, 6) is 2.57. The molecule has 108 valence electrons. The van der Waals surface area contributed by atoms with E-state index < -0.39 is 0 Å².